The van der Waals surface area contributed by atoms with Crippen LogP contribution < -0.4 is 20.1 Å². The Bertz CT molecular complexity index is 1380. The Hall–Kier alpha value is -3.90. The predicted octanol–water partition coefficient (Wildman–Crippen LogP) is 3.50. The molecule has 4 aromatic rings. The third-order valence-electron chi connectivity index (χ3n) is 5.05. The molecule has 0 radical (unpaired) electrons. The van der Waals surface area contributed by atoms with E-state index in [2.05, 4.69) is 25.8 Å². The third kappa shape index (κ3) is 6.20. The van der Waals surface area contributed by atoms with Crippen LogP contribution in [0.25, 0.3) is 16.3 Å². The first-order chi connectivity index (χ1) is 17.5. The minimum Gasteiger partial charge on any atom is -0.493 e. The highest BCUT2D eigenvalue weighted by Gasteiger charge is 2.13. The number of rotatable bonds is 10. The quantitative estimate of drug-likeness (QED) is 0.239. The lowest BCUT2D eigenvalue weighted by molar-refractivity contribution is -0.116. The zero-order valence-corrected chi connectivity index (χ0v) is 21.5. The molecular weight excluding hydrogens is 500 g/mol. The maximum absolute atomic E-state index is 12.4. The van der Waals surface area contributed by atoms with Gasteiger partial charge in [-0.3, -0.25) is 9.59 Å². The highest BCUT2D eigenvalue weighted by atomic mass is 32.2. The Morgan fingerprint density at radius 3 is 2.69 bits per heavy atom. The number of aromatic nitrogens is 4. The molecule has 2 aromatic heterocycles. The Balaban J connectivity index is 1.26. The van der Waals surface area contributed by atoms with Crippen molar-refractivity contribution in [1.29, 1.82) is 0 Å². The van der Waals surface area contributed by atoms with Crippen LogP contribution in [0, 0.1) is 0 Å². The van der Waals surface area contributed by atoms with Crippen LogP contribution >= 0.6 is 23.1 Å². The summed E-state index contributed by atoms with van der Waals surface area (Å²) < 4.78 is 13.2. The SMILES string of the molecule is COc1ccc(C=CC(=O)NCc2nnc(SCC(=O)Nc3nc4ccccc4s3)n2C)cc1OC. The first-order valence-electron chi connectivity index (χ1n) is 10.8. The van der Waals surface area contributed by atoms with Crippen molar-refractivity contribution in [2.24, 2.45) is 7.05 Å². The Labute approximate surface area is 215 Å². The van der Waals surface area contributed by atoms with Crippen molar-refractivity contribution < 1.29 is 19.1 Å². The van der Waals surface area contributed by atoms with Crippen LogP contribution in [0.1, 0.15) is 11.4 Å². The molecule has 0 unspecified atom stereocenters. The van der Waals surface area contributed by atoms with Gasteiger partial charge in [-0.05, 0) is 35.9 Å². The number of carbonyl (C=O) groups excluding carboxylic acids is 2. The van der Waals surface area contributed by atoms with Gasteiger partial charge in [-0.1, -0.05) is 41.3 Å². The largest absolute Gasteiger partial charge is 0.493 e. The number of fused-ring (bicyclic) bond motifs is 1. The molecule has 0 fully saturated rings. The summed E-state index contributed by atoms with van der Waals surface area (Å²) in [5.41, 5.74) is 1.65. The molecular formula is C24H24N6O4S2. The second kappa shape index (κ2) is 11.7. The number of para-hydroxylation sites is 1. The molecule has 0 saturated heterocycles. The zero-order valence-electron chi connectivity index (χ0n) is 19.8. The fourth-order valence-corrected chi connectivity index (χ4v) is 4.80. The van der Waals surface area contributed by atoms with E-state index in [4.69, 9.17) is 9.47 Å². The van der Waals surface area contributed by atoms with E-state index < -0.39 is 0 Å². The van der Waals surface area contributed by atoms with E-state index in [0.717, 1.165) is 15.8 Å². The number of nitrogens with zero attached hydrogens (tertiary/aromatic N) is 4. The van der Waals surface area contributed by atoms with Crippen LogP contribution in [0.15, 0.2) is 53.7 Å². The Morgan fingerprint density at radius 2 is 1.92 bits per heavy atom. The summed E-state index contributed by atoms with van der Waals surface area (Å²) in [5, 5.41) is 15.0. The topological polar surface area (TPSA) is 120 Å². The molecule has 2 amide bonds. The lowest BCUT2D eigenvalue weighted by Crippen LogP contribution is -2.22. The van der Waals surface area contributed by atoms with Crippen molar-refractivity contribution >= 4 is 56.3 Å². The van der Waals surface area contributed by atoms with Crippen molar-refractivity contribution in [1.82, 2.24) is 25.1 Å². The molecule has 4 rings (SSSR count). The van der Waals surface area contributed by atoms with Crippen LogP contribution in [0.4, 0.5) is 5.13 Å². The molecule has 0 atom stereocenters. The Morgan fingerprint density at radius 1 is 1.11 bits per heavy atom. The number of thiazole rings is 1. The van der Waals surface area contributed by atoms with Gasteiger partial charge < -0.3 is 24.7 Å². The zero-order chi connectivity index (χ0) is 25.5. The monoisotopic (exact) mass is 524 g/mol. The average molecular weight is 525 g/mol. The van der Waals surface area contributed by atoms with Gasteiger partial charge in [0.1, 0.15) is 0 Å². The van der Waals surface area contributed by atoms with Gasteiger partial charge >= 0.3 is 0 Å². The van der Waals surface area contributed by atoms with Crippen LogP contribution in [-0.2, 0) is 23.2 Å². The molecule has 0 spiro atoms. The van der Waals surface area contributed by atoms with Crippen molar-refractivity contribution in [2.45, 2.75) is 11.7 Å². The first kappa shape index (κ1) is 25.2. The second-order valence-electron chi connectivity index (χ2n) is 7.45. The van der Waals surface area contributed by atoms with Crippen LogP contribution in [0.5, 0.6) is 11.5 Å². The van der Waals surface area contributed by atoms with Crippen molar-refractivity contribution in [3.05, 3.63) is 59.9 Å². The van der Waals surface area contributed by atoms with E-state index in [0.29, 0.717) is 27.6 Å². The minimum atomic E-state index is -0.280. The number of benzene rings is 2. The number of methoxy groups -OCH3 is 2. The van der Waals surface area contributed by atoms with Gasteiger partial charge in [-0.15, -0.1) is 10.2 Å². The van der Waals surface area contributed by atoms with Crippen molar-refractivity contribution in [3.8, 4) is 11.5 Å². The minimum absolute atomic E-state index is 0.155. The summed E-state index contributed by atoms with van der Waals surface area (Å²) in [4.78, 5) is 29.0. The molecule has 36 heavy (non-hydrogen) atoms. The summed E-state index contributed by atoms with van der Waals surface area (Å²) in [7, 11) is 4.91. The number of hydrogen-bond donors (Lipinski definition) is 2. The fraction of sp³-hybridized carbons (Fsp3) is 0.208. The van der Waals surface area contributed by atoms with E-state index in [9.17, 15) is 9.59 Å². The van der Waals surface area contributed by atoms with Gasteiger partial charge in [-0.2, -0.15) is 0 Å². The highest BCUT2D eigenvalue weighted by molar-refractivity contribution is 7.99. The van der Waals surface area contributed by atoms with E-state index in [1.165, 1.54) is 29.2 Å². The van der Waals surface area contributed by atoms with Gasteiger partial charge in [0.25, 0.3) is 0 Å². The number of hydrogen-bond acceptors (Lipinski definition) is 9. The fourth-order valence-electron chi connectivity index (χ4n) is 3.19. The third-order valence-corrected chi connectivity index (χ3v) is 7.03. The second-order valence-corrected chi connectivity index (χ2v) is 9.42. The lowest BCUT2D eigenvalue weighted by Gasteiger charge is -2.07. The summed E-state index contributed by atoms with van der Waals surface area (Å²) in [6.07, 6.45) is 3.11. The summed E-state index contributed by atoms with van der Waals surface area (Å²) in [6.45, 7) is 0.192. The molecule has 0 aliphatic carbocycles. The lowest BCUT2D eigenvalue weighted by atomic mass is 10.2. The van der Waals surface area contributed by atoms with E-state index in [1.807, 2.05) is 30.3 Å². The van der Waals surface area contributed by atoms with E-state index in [1.54, 1.807) is 44.0 Å². The summed E-state index contributed by atoms with van der Waals surface area (Å²) in [5.74, 6) is 1.45. The predicted molar refractivity (Wildman–Crippen MR) is 140 cm³/mol. The van der Waals surface area contributed by atoms with Gasteiger partial charge in [-0.25, -0.2) is 4.98 Å². The normalized spacial score (nSPS) is 11.1. The number of nitrogens with one attached hydrogen (secondary N) is 2. The van der Waals surface area contributed by atoms with Gasteiger partial charge in [0.2, 0.25) is 11.8 Å². The molecule has 0 bridgehead atoms. The van der Waals surface area contributed by atoms with E-state index >= 15 is 0 Å². The summed E-state index contributed by atoms with van der Waals surface area (Å²) >= 11 is 2.68. The molecule has 10 nitrogen and oxygen atoms in total. The number of ether oxygens (including phenoxy) is 2. The maximum Gasteiger partial charge on any atom is 0.244 e. The number of carbonyl (C=O) groups is 2. The molecule has 2 N–H and O–H groups in total. The maximum atomic E-state index is 12.4. The molecule has 0 aliphatic heterocycles. The molecule has 186 valence electrons. The first-order valence-corrected chi connectivity index (χ1v) is 12.6. The molecule has 2 heterocycles. The summed E-state index contributed by atoms with van der Waals surface area (Å²) in [6, 6.07) is 13.1. The van der Waals surface area contributed by atoms with Crippen molar-refractivity contribution in [3.63, 3.8) is 0 Å². The number of anilines is 1. The molecule has 0 aliphatic rings. The highest BCUT2D eigenvalue weighted by Crippen LogP contribution is 2.28. The average Bonchev–Trinajstić information content (AvgIpc) is 3.46. The molecule has 0 saturated carbocycles. The smallest absolute Gasteiger partial charge is 0.244 e. The number of amides is 2. The van der Waals surface area contributed by atoms with Crippen LogP contribution in [0.3, 0.4) is 0 Å². The van der Waals surface area contributed by atoms with Crippen LogP contribution in [0.2, 0.25) is 0 Å². The van der Waals surface area contributed by atoms with Gasteiger partial charge in [0.05, 0.1) is 36.7 Å². The number of thioether (sulfide) groups is 1. The van der Waals surface area contributed by atoms with Gasteiger partial charge in [0, 0.05) is 13.1 Å². The van der Waals surface area contributed by atoms with E-state index in [-0.39, 0.29) is 24.1 Å². The standard InChI is InChI=1S/C24H24N6O4S2/c1-30-20(13-25-21(31)11-9-15-8-10-17(33-2)18(12-15)34-3)28-29-24(30)35-14-22(32)27-23-26-16-6-4-5-7-19(16)36-23/h4-12H,13-14H2,1-3H3,(H,25,31)(H,26,27,32). The van der Waals surface area contributed by atoms with Gasteiger partial charge in [0.15, 0.2) is 27.6 Å². The van der Waals surface area contributed by atoms with Crippen molar-refractivity contribution in [2.75, 3.05) is 25.3 Å². The molecule has 12 heteroatoms. The molecule has 2 aromatic carbocycles. The van der Waals surface area contributed by atoms with Crippen LogP contribution in [-0.4, -0.2) is 51.5 Å². The Kier molecular flexibility index (Phi) is 8.18.